The van der Waals surface area contributed by atoms with Crippen LogP contribution in [0, 0.1) is 11.8 Å². The molecule has 1 aliphatic rings. The summed E-state index contributed by atoms with van der Waals surface area (Å²) in [5, 5.41) is 8.59. The molecule has 6 heteroatoms. The van der Waals surface area contributed by atoms with E-state index in [1.807, 2.05) is 17.9 Å². The molecular weight excluding hydrogens is 264 g/mol. The zero-order chi connectivity index (χ0) is 15.0. The Morgan fingerprint density at radius 1 is 1.43 bits per heavy atom. The average molecular weight is 288 g/mol. The predicted octanol–water partition coefficient (Wildman–Crippen LogP) is 1.88. The highest BCUT2D eigenvalue weighted by Gasteiger charge is 2.33. The van der Waals surface area contributed by atoms with Gasteiger partial charge in [-0.25, -0.2) is 9.97 Å². The molecule has 0 bridgehead atoms. The maximum atomic E-state index is 4.67. The molecule has 0 radical (unpaired) electrons. The van der Waals surface area contributed by atoms with Crippen molar-refractivity contribution < 1.29 is 0 Å². The van der Waals surface area contributed by atoms with Crippen molar-refractivity contribution in [1.29, 1.82) is 0 Å². The number of fused-ring (bicyclic) bond motifs is 1. The molecule has 0 aromatic carbocycles. The second-order valence-corrected chi connectivity index (χ2v) is 6.19. The van der Waals surface area contributed by atoms with Gasteiger partial charge in [-0.1, -0.05) is 6.92 Å². The predicted molar refractivity (Wildman–Crippen MR) is 84.1 cm³/mol. The monoisotopic (exact) mass is 288 g/mol. The largest absolute Gasteiger partial charge is 0.370 e. The third kappa shape index (κ3) is 3.00. The van der Waals surface area contributed by atoms with Gasteiger partial charge in [0.2, 0.25) is 0 Å². The van der Waals surface area contributed by atoms with Crippen LogP contribution in [-0.2, 0) is 13.6 Å². The van der Waals surface area contributed by atoms with Crippen LogP contribution < -0.4 is 5.32 Å². The van der Waals surface area contributed by atoms with Crippen LogP contribution in [0.2, 0.25) is 0 Å². The second kappa shape index (κ2) is 5.60. The Morgan fingerprint density at radius 3 is 2.86 bits per heavy atom. The molecule has 1 aliphatic carbocycles. The average Bonchev–Trinajstić information content (AvgIpc) is 2.98. The van der Waals surface area contributed by atoms with Crippen molar-refractivity contribution in [2.45, 2.75) is 26.8 Å². The Bertz CT molecular complexity index is 634. The number of rotatable bonds is 6. The zero-order valence-electron chi connectivity index (χ0n) is 13.3. The molecule has 0 saturated heterocycles. The van der Waals surface area contributed by atoms with E-state index in [1.54, 1.807) is 0 Å². The van der Waals surface area contributed by atoms with Gasteiger partial charge < -0.3 is 5.32 Å². The molecule has 2 aromatic heterocycles. The molecule has 2 aromatic rings. The second-order valence-electron chi connectivity index (χ2n) is 6.19. The van der Waals surface area contributed by atoms with E-state index >= 15 is 0 Å². The third-order valence-corrected chi connectivity index (χ3v) is 4.22. The fourth-order valence-corrected chi connectivity index (χ4v) is 2.80. The highest BCUT2D eigenvalue weighted by Crippen LogP contribution is 2.38. The van der Waals surface area contributed by atoms with E-state index in [9.17, 15) is 0 Å². The first-order chi connectivity index (χ1) is 10.1. The third-order valence-electron chi connectivity index (χ3n) is 4.22. The van der Waals surface area contributed by atoms with E-state index < -0.39 is 0 Å². The molecule has 0 spiro atoms. The first-order valence-corrected chi connectivity index (χ1v) is 7.69. The number of nitrogens with one attached hydrogen (secondary N) is 1. The van der Waals surface area contributed by atoms with Gasteiger partial charge in [0.05, 0.1) is 18.1 Å². The smallest absolute Gasteiger partial charge is 0.163 e. The lowest BCUT2D eigenvalue weighted by Gasteiger charge is -2.16. The number of hydrogen-bond acceptors (Lipinski definition) is 5. The van der Waals surface area contributed by atoms with Crippen LogP contribution >= 0.6 is 0 Å². The van der Waals surface area contributed by atoms with Gasteiger partial charge in [-0.2, -0.15) is 5.10 Å². The molecular formula is C15H24N6. The summed E-state index contributed by atoms with van der Waals surface area (Å²) in [7, 11) is 4.07. The molecule has 1 fully saturated rings. The quantitative estimate of drug-likeness (QED) is 0.879. The van der Waals surface area contributed by atoms with Crippen LogP contribution in [0.3, 0.4) is 0 Å². The van der Waals surface area contributed by atoms with Gasteiger partial charge in [-0.3, -0.25) is 9.58 Å². The minimum atomic E-state index is 0.780. The van der Waals surface area contributed by atoms with Crippen LogP contribution in [0.4, 0.5) is 5.82 Å². The lowest BCUT2D eigenvalue weighted by molar-refractivity contribution is 0.300. The molecule has 1 N–H and O–H groups in total. The normalized spacial score (nSPS) is 21.2. The lowest BCUT2D eigenvalue weighted by atomic mass is 10.3. The van der Waals surface area contributed by atoms with Gasteiger partial charge in [0, 0.05) is 20.1 Å². The van der Waals surface area contributed by atoms with Gasteiger partial charge in [0.15, 0.2) is 5.65 Å². The van der Waals surface area contributed by atoms with E-state index in [0.29, 0.717) is 0 Å². The van der Waals surface area contributed by atoms with Crippen molar-refractivity contribution in [2.75, 3.05) is 25.5 Å². The standard InChI is InChI=1S/C15H24N6/c1-5-16-14-12-7-17-21(4)15(12)19-13(18-14)9-20(3)8-11-6-10(11)2/h7,10-11H,5-6,8-9H2,1-4H3,(H,16,18,19). The fraction of sp³-hybridized carbons (Fsp3) is 0.667. The number of anilines is 1. The number of aryl methyl sites for hydroxylation is 1. The van der Waals surface area contributed by atoms with Crippen LogP contribution in [0.15, 0.2) is 6.20 Å². The maximum Gasteiger partial charge on any atom is 0.163 e. The first kappa shape index (κ1) is 14.3. The molecule has 2 heterocycles. The van der Waals surface area contributed by atoms with Crippen molar-refractivity contribution in [3.05, 3.63) is 12.0 Å². The summed E-state index contributed by atoms with van der Waals surface area (Å²) in [5.74, 6) is 3.48. The van der Waals surface area contributed by atoms with Crippen molar-refractivity contribution in [2.24, 2.45) is 18.9 Å². The van der Waals surface area contributed by atoms with Gasteiger partial charge >= 0.3 is 0 Å². The Hall–Kier alpha value is -1.69. The molecule has 3 rings (SSSR count). The Labute approximate surface area is 125 Å². The van der Waals surface area contributed by atoms with Gasteiger partial charge in [-0.05, 0) is 32.2 Å². The molecule has 6 nitrogen and oxygen atoms in total. The molecule has 0 amide bonds. The summed E-state index contributed by atoms with van der Waals surface area (Å²) in [4.78, 5) is 11.7. The van der Waals surface area contributed by atoms with Crippen molar-refractivity contribution in [3.63, 3.8) is 0 Å². The van der Waals surface area contributed by atoms with Crippen molar-refractivity contribution in [3.8, 4) is 0 Å². The minimum Gasteiger partial charge on any atom is -0.370 e. The number of nitrogens with zero attached hydrogens (tertiary/aromatic N) is 5. The van der Waals surface area contributed by atoms with Crippen LogP contribution in [0.1, 0.15) is 26.1 Å². The fourth-order valence-electron chi connectivity index (χ4n) is 2.80. The van der Waals surface area contributed by atoms with Crippen LogP contribution in [0.25, 0.3) is 11.0 Å². The van der Waals surface area contributed by atoms with Gasteiger partial charge in [0.25, 0.3) is 0 Å². The Morgan fingerprint density at radius 2 is 2.19 bits per heavy atom. The molecule has 0 aliphatic heterocycles. The summed E-state index contributed by atoms with van der Waals surface area (Å²) in [5.41, 5.74) is 0.893. The molecule has 1 saturated carbocycles. The SMILES string of the molecule is CCNc1nc(CN(C)CC2CC2C)nc2c1cnn2C. The van der Waals surface area contributed by atoms with Crippen molar-refractivity contribution in [1.82, 2.24) is 24.6 Å². The Kier molecular flexibility index (Phi) is 3.80. The van der Waals surface area contributed by atoms with E-state index in [1.165, 1.54) is 6.42 Å². The van der Waals surface area contributed by atoms with Crippen LogP contribution in [-0.4, -0.2) is 44.8 Å². The summed E-state index contributed by atoms with van der Waals surface area (Å²) >= 11 is 0. The highest BCUT2D eigenvalue weighted by atomic mass is 15.3. The molecule has 114 valence electrons. The summed E-state index contributed by atoms with van der Waals surface area (Å²) in [6, 6.07) is 0. The summed E-state index contributed by atoms with van der Waals surface area (Å²) in [6.45, 7) is 7.15. The zero-order valence-corrected chi connectivity index (χ0v) is 13.3. The van der Waals surface area contributed by atoms with Gasteiger partial charge in [0.1, 0.15) is 11.6 Å². The summed E-state index contributed by atoms with van der Waals surface area (Å²) < 4.78 is 1.81. The Balaban J connectivity index is 1.82. The first-order valence-electron chi connectivity index (χ1n) is 7.69. The lowest BCUT2D eigenvalue weighted by Crippen LogP contribution is -2.22. The van der Waals surface area contributed by atoms with E-state index in [2.05, 4.69) is 46.2 Å². The minimum absolute atomic E-state index is 0.780. The van der Waals surface area contributed by atoms with Crippen LogP contribution in [0.5, 0.6) is 0 Å². The van der Waals surface area contributed by atoms with E-state index in [0.717, 1.165) is 54.1 Å². The van der Waals surface area contributed by atoms with E-state index in [-0.39, 0.29) is 0 Å². The molecule has 2 atom stereocenters. The molecule has 2 unspecified atom stereocenters. The molecule has 21 heavy (non-hydrogen) atoms. The maximum absolute atomic E-state index is 4.67. The van der Waals surface area contributed by atoms with E-state index in [4.69, 9.17) is 0 Å². The van der Waals surface area contributed by atoms with Gasteiger partial charge in [-0.15, -0.1) is 0 Å². The summed E-state index contributed by atoms with van der Waals surface area (Å²) in [6.07, 6.45) is 3.18. The number of aromatic nitrogens is 4. The topological polar surface area (TPSA) is 58.9 Å². The highest BCUT2D eigenvalue weighted by molar-refractivity contribution is 5.86. The van der Waals surface area contributed by atoms with Crippen molar-refractivity contribution >= 4 is 16.9 Å². The number of hydrogen-bond donors (Lipinski definition) is 1.